The Hall–Kier alpha value is -2.30. The fourth-order valence-corrected chi connectivity index (χ4v) is 3.68. The fourth-order valence-electron chi connectivity index (χ4n) is 2.62. The van der Waals surface area contributed by atoms with Gasteiger partial charge in [-0.25, -0.2) is 0 Å². The number of halogens is 3. The van der Waals surface area contributed by atoms with E-state index < -0.39 is 26.2 Å². The van der Waals surface area contributed by atoms with E-state index in [1.165, 1.54) is 6.07 Å². The van der Waals surface area contributed by atoms with Crippen LogP contribution >= 0.6 is 0 Å². The van der Waals surface area contributed by atoms with Crippen molar-refractivity contribution in [1.82, 2.24) is 0 Å². The van der Waals surface area contributed by atoms with Crippen molar-refractivity contribution in [1.29, 1.82) is 5.26 Å². The zero-order valence-corrected chi connectivity index (χ0v) is 19.0. The second-order valence-electron chi connectivity index (χ2n) is 8.76. The van der Waals surface area contributed by atoms with Crippen LogP contribution in [0.25, 0.3) is 0 Å². The molecule has 1 atom stereocenters. The van der Waals surface area contributed by atoms with Crippen LogP contribution in [0.4, 0.5) is 13.2 Å². The molecule has 0 aliphatic carbocycles. The summed E-state index contributed by atoms with van der Waals surface area (Å²) in [6.45, 7) is 11.1. The predicted octanol–water partition coefficient (Wildman–Crippen LogP) is 7.11. The quantitative estimate of drug-likeness (QED) is 0.435. The van der Waals surface area contributed by atoms with Crippen molar-refractivity contribution in [2.24, 2.45) is 0 Å². The number of hydrogen-bond acceptors (Lipinski definition) is 3. The molecule has 0 radical (unpaired) electrons. The molecule has 7 heteroatoms. The van der Waals surface area contributed by atoms with Crippen molar-refractivity contribution >= 4 is 8.32 Å². The smallest absolute Gasteiger partial charge is 0.416 e. The Balaban J connectivity index is 2.25. The number of benzene rings is 2. The van der Waals surface area contributed by atoms with Crippen LogP contribution in [0.2, 0.25) is 18.1 Å². The number of nitriles is 1. The summed E-state index contributed by atoms with van der Waals surface area (Å²) < 4.78 is 51.8. The Kier molecular flexibility index (Phi) is 7.38. The van der Waals surface area contributed by atoms with Crippen molar-refractivity contribution in [2.75, 3.05) is 6.61 Å². The van der Waals surface area contributed by atoms with Gasteiger partial charge in [0.1, 0.15) is 11.9 Å². The van der Waals surface area contributed by atoms with E-state index in [4.69, 9.17) is 14.4 Å². The van der Waals surface area contributed by atoms with Gasteiger partial charge >= 0.3 is 6.18 Å². The molecule has 0 N–H and O–H groups in total. The van der Waals surface area contributed by atoms with Crippen LogP contribution in [0.1, 0.15) is 50.0 Å². The van der Waals surface area contributed by atoms with Crippen molar-refractivity contribution in [3.05, 3.63) is 65.2 Å². The first-order chi connectivity index (χ1) is 13.8. The molecule has 0 spiro atoms. The van der Waals surface area contributed by atoms with E-state index in [0.717, 1.165) is 12.1 Å². The lowest BCUT2D eigenvalue weighted by Gasteiger charge is -2.36. The number of ether oxygens (including phenoxy) is 1. The van der Waals surface area contributed by atoms with Crippen molar-refractivity contribution in [3.8, 4) is 11.8 Å². The second kappa shape index (κ2) is 9.23. The third-order valence-corrected chi connectivity index (χ3v) is 10.0. The maximum atomic E-state index is 13.2. The van der Waals surface area contributed by atoms with Crippen LogP contribution in [0, 0.1) is 11.3 Å². The van der Waals surface area contributed by atoms with E-state index in [9.17, 15) is 13.2 Å². The van der Waals surface area contributed by atoms with Crippen LogP contribution in [0.3, 0.4) is 0 Å². The molecule has 0 aliphatic rings. The number of alkyl halides is 3. The van der Waals surface area contributed by atoms with Gasteiger partial charge < -0.3 is 9.16 Å². The zero-order valence-electron chi connectivity index (χ0n) is 18.0. The molecule has 0 saturated carbocycles. The summed E-state index contributed by atoms with van der Waals surface area (Å²) in [6.07, 6.45) is -4.62. The Morgan fingerprint density at radius 3 is 2.20 bits per heavy atom. The second-order valence-corrected chi connectivity index (χ2v) is 13.6. The van der Waals surface area contributed by atoms with E-state index in [2.05, 4.69) is 33.9 Å². The lowest BCUT2D eigenvalue weighted by Crippen LogP contribution is -2.41. The minimum absolute atomic E-state index is 0.0344. The predicted molar refractivity (Wildman–Crippen MR) is 114 cm³/mol. The van der Waals surface area contributed by atoms with Gasteiger partial charge in [0.05, 0.1) is 17.2 Å². The highest BCUT2D eigenvalue weighted by molar-refractivity contribution is 6.74. The highest BCUT2D eigenvalue weighted by Gasteiger charge is 2.37. The molecule has 2 aromatic carbocycles. The summed E-state index contributed by atoms with van der Waals surface area (Å²) >= 11 is 0. The fraction of sp³-hybridized carbons (Fsp3) is 0.435. The molecule has 30 heavy (non-hydrogen) atoms. The summed E-state index contributed by atoms with van der Waals surface area (Å²) in [5, 5.41) is 8.98. The molecule has 0 saturated heterocycles. The number of nitrogens with zero attached hydrogens (tertiary/aromatic N) is 1. The van der Waals surface area contributed by atoms with Gasteiger partial charge in [-0.1, -0.05) is 32.9 Å². The molecule has 162 valence electrons. The first kappa shape index (κ1) is 24.0. The van der Waals surface area contributed by atoms with Crippen molar-refractivity contribution in [3.63, 3.8) is 0 Å². The monoisotopic (exact) mass is 435 g/mol. The third-order valence-electron chi connectivity index (χ3n) is 5.50. The Morgan fingerprint density at radius 1 is 1.03 bits per heavy atom. The molecule has 0 aromatic heterocycles. The van der Waals surface area contributed by atoms with Gasteiger partial charge in [-0.05, 0) is 60.1 Å². The lowest BCUT2D eigenvalue weighted by atomic mass is 10.0. The molecule has 3 nitrogen and oxygen atoms in total. The largest absolute Gasteiger partial charge is 0.486 e. The summed E-state index contributed by atoms with van der Waals surface area (Å²) in [4.78, 5) is 0. The van der Waals surface area contributed by atoms with Crippen LogP contribution in [0.15, 0.2) is 48.5 Å². The Labute approximate surface area is 177 Å². The average Bonchev–Trinajstić information content (AvgIpc) is 2.66. The molecule has 2 rings (SSSR count). The molecular formula is C23H28F3NO2Si. The van der Waals surface area contributed by atoms with Gasteiger partial charge in [-0.3, -0.25) is 0 Å². The Bertz CT molecular complexity index is 881. The molecular weight excluding hydrogens is 407 g/mol. The molecule has 0 bridgehead atoms. The SMILES string of the molecule is CC(C)(C)[Si](C)(C)OCC[C@H](Oc1ccc(C#N)cc1)c1cccc(C(F)(F)F)c1. The minimum atomic E-state index is -4.42. The zero-order chi connectivity index (χ0) is 22.6. The van der Waals surface area contributed by atoms with Crippen LogP contribution in [-0.4, -0.2) is 14.9 Å². The molecule has 2 aromatic rings. The molecule has 0 aliphatic heterocycles. The van der Waals surface area contributed by atoms with E-state index in [1.54, 1.807) is 30.3 Å². The third kappa shape index (κ3) is 6.35. The van der Waals surface area contributed by atoms with Gasteiger partial charge in [0.15, 0.2) is 8.32 Å². The molecule has 0 heterocycles. The van der Waals surface area contributed by atoms with E-state index >= 15 is 0 Å². The standard InChI is InChI=1S/C23H28F3NO2Si/c1-22(2,3)30(4,5)28-14-13-21(29-20-11-9-17(16-27)10-12-20)18-7-6-8-19(15-18)23(24,25)26/h6-12,15,21H,13-14H2,1-5H3/t21-/m0/s1. The maximum absolute atomic E-state index is 13.2. The average molecular weight is 436 g/mol. The van der Waals surface area contributed by atoms with E-state index in [0.29, 0.717) is 29.9 Å². The lowest BCUT2D eigenvalue weighted by molar-refractivity contribution is -0.137. The van der Waals surface area contributed by atoms with E-state index in [-0.39, 0.29) is 5.04 Å². The number of hydrogen-bond donors (Lipinski definition) is 0. The van der Waals surface area contributed by atoms with Gasteiger partial charge in [-0.2, -0.15) is 18.4 Å². The topological polar surface area (TPSA) is 42.2 Å². The number of rotatable bonds is 7. The molecule has 0 unspecified atom stereocenters. The van der Waals surface area contributed by atoms with Gasteiger partial charge in [0, 0.05) is 13.0 Å². The van der Waals surface area contributed by atoms with Crippen molar-refractivity contribution in [2.45, 2.75) is 57.6 Å². The maximum Gasteiger partial charge on any atom is 0.416 e. The van der Waals surface area contributed by atoms with Gasteiger partial charge in [0.25, 0.3) is 0 Å². The molecule has 0 amide bonds. The normalized spacial score (nSPS) is 13.6. The van der Waals surface area contributed by atoms with Crippen LogP contribution in [0.5, 0.6) is 5.75 Å². The highest BCUT2D eigenvalue weighted by Crippen LogP contribution is 2.37. The first-order valence-electron chi connectivity index (χ1n) is 9.81. The molecule has 0 fully saturated rings. The van der Waals surface area contributed by atoms with Crippen LogP contribution in [-0.2, 0) is 10.6 Å². The summed E-state index contributed by atoms with van der Waals surface area (Å²) in [7, 11) is -1.99. The van der Waals surface area contributed by atoms with Gasteiger partial charge in [0.2, 0.25) is 0 Å². The highest BCUT2D eigenvalue weighted by atomic mass is 28.4. The summed E-state index contributed by atoms with van der Waals surface area (Å²) in [5.74, 6) is 0.490. The summed E-state index contributed by atoms with van der Waals surface area (Å²) in [6, 6.07) is 13.8. The summed E-state index contributed by atoms with van der Waals surface area (Å²) in [5.41, 5.74) is 0.214. The Morgan fingerprint density at radius 2 is 1.67 bits per heavy atom. The van der Waals surface area contributed by atoms with E-state index in [1.807, 2.05) is 6.07 Å². The minimum Gasteiger partial charge on any atom is -0.486 e. The van der Waals surface area contributed by atoms with Crippen molar-refractivity contribution < 1.29 is 22.3 Å². The first-order valence-corrected chi connectivity index (χ1v) is 12.7. The van der Waals surface area contributed by atoms with Gasteiger partial charge in [-0.15, -0.1) is 0 Å². The van der Waals surface area contributed by atoms with Crippen LogP contribution < -0.4 is 4.74 Å².